The van der Waals surface area contributed by atoms with Gasteiger partial charge in [0.1, 0.15) is 6.42 Å². The zero-order valence-electron chi connectivity index (χ0n) is 13.6. The minimum atomic E-state index is -0.137. The van der Waals surface area contributed by atoms with Crippen molar-refractivity contribution in [2.75, 3.05) is 26.2 Å². The van der Waals surface area contributed by atoms with E-state index in [0.29, 0.717) is 32.6 Å². The maximum absolute atomic E-state index is 12.4. The van der Waals surface area contributed by atoms with Crippen molar-refractivity contribution in [3.05, 3.63) is 35.4 Å². The van der Waals surface area contributed by atoms with Crippen molar-refractivity contribution < 1.29 is 9.59 Å². The van der Waals surface area contributed by atoms with Crippen LogP contribution in [-0.2, 0) is 16.0 Å². The summed E-state index contributed by atoms with van der Waals surface area (Å²) < 4.78 is 0. The number of rotatable bonds is 4. The molecular formula is C18H23N3O2. The highest BCUT2D eigenvalue weighted by atomic mass is 16.2. The molecule has 5 heteroatoms. The van der Waals surface area contributed by atoms with Crippen molar-refractivity contribution in [1.82, 2.24) is 9.80 Å². The molecule has 0 radical (unpaired) electrons. The molecule has 1 aromatic rings. The molecule has 0 bridgehead atoms. The van der Waals surface area contributed by atoms with Crippen molar-refractivity contribution in [1.29, 1.82) is 5.26 Å². The lowest BCUT2D eigenvalue weighted by molar-refractivity contribution is -0.133. The number of carbonyl (C=O) groups is 2. The number of nitriles is 1. The van der Waals surface area contributed by atoms with Gasteiger partial charge in [-0.2, -0.15) is 5.26 Å². The second kappa shape index (κ2) is 8.33. The third-order valence-electron chi connectivity index (χ3n) is 4.30. The summed E-state index contributed by atoms with van der Waals surface area (Å²) in [5, 5.41) is 8.62. The fourth-order valence-corrected chi connectivity index (χ4v) is 2.89. The fourth-order valence-electron chi connectivity index (χ4n) is 2.89. The van der Waals surface area contributed by atoms with Crippen LogP contribution in [0.5, 0.6) is 0 Å². The summed E-state index contributed by atoms with van der Waals surface area (Å²) in [6.07, 6.45) is 1.94. The summed E-state index contributed by atoms with van der Waals surface area (Å²) in [6.45, 7) is 4.45. The highest BCUT2D eigenvalue weighted by Gasteiger charge is 2.21. The Bertz CT molecular complexity index is 607. The molecular weight excluding hydrogens is 290 g/mol. The van der Waals surface area contributed by atoms with Crippen LogP contribution in [0.4, 0.5) is 0 Å². The number of benzene rings is 1. The van der Waals surface area contributed by atoms with Gasteiger partial charge in [0.2, 0.25) is 11.8 Å². The van der Waals surface area contributed by atoms with Crippen LogP contribution in [-0.4, -0.2) is 47.8 Å². The first-order valence-electron chi connectivity index (χ1n) is 8.09. The van der Waals surface area contributed by atoms with E-state index in [1.165, 1.54) is 11.1 Å². The molecule has 1 aliphatic rings. The van der Waals surface area contributed by atoms with Gasteiger partial charge in [-0.05, 0) is 30.9 Å². The Hall–Kier alpha value is -2.35. The van der Waals surface area contributed by atoms with E-state index in [9.17, 15) is 9.59 Å². The molecule has 1 aromatic carbocycles. The summed E-state index contributed by atoms with van der Waals surface area (Å²) in [6, 6.07) is 10.0. The average molecular weight is 313 g/mol. The third-order valence-corrected chi connectivity index (χ3v) is 4.30. The lowest BCUT2D eigenvalue weighted by atomic mass is 10.0. The molecule has 5 nitrogen and oxygen atoms in total. The van der Waals surface area contributed by atoms with Gasteiger partial charge in [-0.15, -0.1) is 0 Å². The van der Waals surface area contributed by atoms with Crippen molar-refractivity contribution >= 4 is 11.8 Å². The number of hydrogen-bond acceptors (Lipinski definition) is 3. The normalized spacial score (nSPS) is 15.0. The summed E-state index contributed by atoms with van der Waals surface area (Å²) in [5.41, 5.74) is 2.42. The topological polar surface area (TPSA) is 64.4 Å². The first kappa shape index (κ1) is 17.0. The van der Waals surface area contributed by atoms with E-state index in [1.54, 1.807) is 4.90 Å². The monoisotopic (exact) mass is 313 g/mol. The predicted octanol–water partition coefficient (Wildman–Crippen LogP) is 1.90. The summed E-state index contributed by atoms with van der Waals surface area (Å²) in [7, 11) is 0. The zero-order chi connectivity index (χ0) is 16.7. The first-order valence-corrected chi connectivity index (χ1v) is 8.09. The minimum absolute atomic E-state index is 0.0821. The minimum Gasteiger partial charge on any atom is -0.341 e. The molecule has 2 amide bonds. The van der Waals surface area contributed by atoms with Crippen LogP contribution in [0, 0.1) is 18.3 Å². The molecule has 1 aliphatic heterocycles. The smallest absolute Gasteiger partial charge is 0.236 e. The van der Waals surface area contributed by atoms with Crippen molar-refractivity contribution in [3.8, 4) is 6.07 Å². The maximum Gasteiger partial charge on any atom is 0.236 e. The van der Waals surface area contributed by atoms with Crippen LogP contribution in [0.1, 0.15) is 30.4 Å². The molecule has 1 heterocycles. The predicted molar refractivity (Wildman–Crippen MR) is 87.5 cm³/mol. The molecule has 0 N–H and O–H groups in total. The molecule has 0 atom stereocenters. The molecule has 23 heavy (non-hydrogen) atoms. The average Bonchev–Trinajstić information content (AvgIpc) is 2.80. The molecule has 2 rings (SSSR count). The molecule has 0 aromatic heterocycles. The van der Waals surface area contributed by atoms with E-state index in [4.69, 9.17) is 5.26 Å². The number of carbonyl (C=O) groups excluding carboxylic acids is 2. The Morgan fingerprint density at radius 3 is 2.39 bits per heavy atom. The Kier molecular flexibility index (Phi) is 6.16. The van der Waals surface area contributed by atoms with Crippen LogP contribution >= 0.6 is 0 Å². The zero-order valence-corrected chi connectivity index (χ0v) is 13.6. The Morgan fingerprint density at radius 1 is 1.09 bits per heavy atom. The lowest BCUT2D eigenvalue weighted by Gasteiger charge is -2.22. The van der Waals surface area contributed by atoms with Gasteiger partial charge in [-0.3, -0.25) is 9.59 Å². The molecule has 1 saturated heterocycles. The molecule has 0 spiro atoms. The van der Waals surface area contributed by atoms with E-state index in [-0.39, 0.29) is 18.2 Å². The Labute approximate surface area is 137 Å². The van der Waals surface area contributed by atoms with Gasteiger partial charge >= 0.3 is 0 Å². The molecule has 0 aliphatic carbocycles. The second-order valence-electron chi connectivity index (χ2n) is 5.88. The van der Waals surface area contributed by atoms with Crippen LogP contribution in [0.15, 0.2) is 24.3 Å². The highest BCUT2D eigenvalue weighted by molar-refractivity contribution is 5.79. The lowest BCUT2D eigenvalue weighted by Crippen LogP contribution is -2.37. The number of nitrogens with zero attached hydrogens (tertiary/aromatic N) is 3. The van der Waals surface area contributed by atoms with Gasteiger partial charge in [0.25, 0.3) is 0 Å². The van der Waals surface area contributed by atoms with Crippen LogP contribution < -0.4 is 0 Å². The highest BCUT2D eigenvalue weighted by Crippen LogP contribution is 2.12. The SMILES string of the molecule is Cc1ccccc1CCC(=O)N1CCCN(C(=O)CC#N)CC1. The van der Waals surface area contributed by atoms with Crippen LogP contribution in [0.3, 0.4) is 0 Å². The summed E-state index contributed by atoms with van der Waals surface area (Å²) in [5.74, 6) is 0.00421. The van der Waals surface area contributed by atoms with Crippen LogP contribution in [0.2, 0.25) is 0 Å². The van der Waals surface area contributed by atoms with Crippen molar-refractivity contribution in [2.24, 2.45) is 0 Å². The van der Waals surface area contributed by atoms with E-state index < -0.39 is 0 Å². The van der Waals surface area contributed by atoms with E-state index in [1.807, 2.05) is 23.1 Å². The van der Waals surface area contributed by atoms with Gasteiger partial charge in [0.15, 0.2) is 0 Å². The Balaban J connectivity index is 1.85. The molecule has 122 valence electrons. The van der Waals surface area contributed by atoms with Crippen molar-refractivity contribution in [2.45, 2.75) is 32.6 Å². The van der Waals surface area contributed by atoms with Gasteiger partial charge in [-0.25, -0.2) is 0 Å². The van der Waals surface area contributed by atoms with E-state index in [0.717, 1.165) is 12.8 Å². The number of aryl methyl sites for hydroxylation is 2. The van der Waals surface area contributed by atoms with Gasteiger partial charge in [0.05, 0.1) is 6.07 Å². The fraction of sp³-hybridized carbons (Fsp3) is 0.500. The van der Waals surface area contributed by atoms with Gasteiger partial charge < -0.3 is 9.80 Å². The quantitative estimate of drug-likeness (QED) is 0.853. The Morgan fingerprint density at radius 2 is 1.74 bits per heavy atom. The molecule has 1 fully saturated rings. The summed E-state index contributed by atoms with van der Waals surface area (Å²) >= 11 is 0. The number of hydrogen-bond donors (Lipinski definition) is 0. The standard InChI is InChI=1S/C18H23N3O2/c1-15-5-2-3-6-16(15)7-8-17(22)20-11-4-12-21(14-13-20)18(23)9-10-19/h2-3,5-6H,4,7-9,11-14H2,1H3. The largest absolute Gasteiger partial charge is 0.341 e. The second-order valence-corrected chi connectivity index (χ2v) is 5.88. The van der Waals surface area contributed by atoms with E-state index in [2.05, 4.69) is 19.1 Å². The summed E-state index contributed by atoms with van der Waals surface area (Å²) in [4.78, 5) is 27.7. The molecule has 0 saturated carbocycles. The van der Waals surface area contributed by atoms with E-state index >= 15 is 0 Å². The van der Waals surface area contributed by atoms with Crippen LogP contribution in [0.25, 0.3) is 0 Å². The molecule has 0 unspecified atom stereocenters. The number of amides is 2. The van der Waals surface area contributed by atoms with Gasteiger partial charge in [0, 0.05) is 32.6 Å². The third kappa shape index (κ3) is 4.82. The van der Waals surface area contributed by atoms with Gasteiger partial charge in [-0.1, -0.05) is 24.3 Å². The van der Waals surface area contributed by atoms with Crippen molar-refractivity contribution in [3.63, 3.8) is 0 Å². The maximum atomic E-state index is 12.4. The first-order chi connectivity index (χ1) is 11.1.